The summed E-state index contributed by atoms with van der Waals surface area (Å²) in [6.07, 6.45) is 0. The van der Waals surface area contributed by atoms with Gasteiger partial charge in [0.1, 0.15) is 5.60 Å². The lowest BCUT2D eigenvalue weighted by Crippen LogP contribution is -2.21. The summed E-state index contributed by atoms with van der Waals surface area (Å²) in [6.45, 7) is 3.50. The first-order valence-electron chi connectivity index (χ1n) is 5.16. The number of hydrogen-bond acceptors (Lipinski definition) is 2. The van der Waals surface area contributed by atoms with Crippen LogP contribution in [0.15, 0.2) is 30.3 Å². The molecular weight excluding hydrogens is 242 g/mol. The highest BCUT2D eigenvalue weighted by Crippen LogP contribution is 2.34. The van der Waals surface area contributed by atoms with Crippen LogP contribution in [-0.2, 0) is 5.60 Å². The van der Waals surface area contributed by atoms with E-state index >= 15 is 0 Å². The molecule has 0 saturated carbocycles. The number of benzene rings is 1. The molecule has 2 aromatic rings. The van der Waals surface area contributed by atoms with E-state index < -0.39 is 17.2 Å². The van der Waals surface area contributed by atoms with Gasteiger partial charge in [0.2, 0.25) is 0 Å². The van der Waals surface area contributed by atoms with Gasteiger partial charge in [-0.1, -0.05) is 6.07 Å². The third kappa shape index (κ3) is 2.23. The van der Waals surface area contributed by atoms with Crippen LogP contribution in [0.1, 0.15) is 22.2 Å². The molecule has 1 unspecified atom stereocenters. The number of aryl methyl sites for hydroxylation is 1. The molecule has 4 heteroatoms. The van der Waals surface area contributed by atoms with Gasteiger partial charge in [-0.25, -0.2) is 8.78 Å². The van der Waals surface area contributed by atoms with Gasteiger partial charge in [0.25, 0.3) is 0 Å². The molecule has 0 bridgehead atoms. The Labute approximate surface area is 102 Å². The van der Waals surface area contributed by atoms with E-state index in [1.165, 1.54) is 17.4 Å². The van der Waals surface area contributed by atoms with Crippen molar-refractivity contribution in [1.29, 1.82) is 0 Å². The predicted octanol–water partition coefficient (Wildman–Crippen LogP) is 3.59. The number of aliphatic hydroxyl groups is 1. The van der Waals surface area contributed by atoms with Crippen LogP contribution in [0.25, 0.3) is 0 Å². The van der Waals surface area contributed by atoms with Crippen LogP contribution < -0.4 is 0 Å². The molecule has 0 aliphatic carbocycles. The monoisotopic (exact) mass is 254 g/mol. The molecule has 0 spiro atoms. The number of halogens is 2. The Morgan fingerprint density at radius 1 is 1.12 bits per heavy atom. The Balaban J connectivity index is 2.47. The molecule has 1 aromatic heterocycles. The molecule has 1 atom stereocenters. The van der Waals surface area contributed by atoms with E-state index in [2.05, 4.69) is 0 Å². The molecule has 17 heavy (non-hydrogen) atoms. The summed E-state index contributed by atoms with van der Waals surface area (Å²) >= 11 is 1.43. The molecule has 0 fully saturated rings. The lowest BCUT2D eigenvalue weighted by atomic mass is 9.94. The Morgan fingerprint density at radius 2 is 1.82 bits per heavy atom. The van der Waals surface area contributed by atoms with E-state index in [9.17, 15) is 13.9 Å². The summed E-state index contributed by atoms with van der Waals surface area (Å²) in [5, 5.41) is 10.4. The van der Waals surface area contributed by atoms with E-state index in [-0.39, 0.29) is 0 Å². The summed E-state index contributed by atoms with van der Waals surface area (Å²) in [6, 6.07) is 7.13. The third-order valence-corrected chi connectivity index (χ3v) is 3.91. The number of thiophene rings is 1. The van der Waals surface area contributed by atoms with E-state index in [4.69, 9.17) is 0 Å². The van der Waals surface area contributed by atoms with Crippen molar-refractivity contribution in [2.24, 2.45) is 0 Å². The predicted molar refractivity (Wildman–Crippen MR) is 64.1 cm³/mol. The fourth-order valence-electron chi connectivity index (χ4n) is 1.64. The molecule has 0 saturated heterocycles. The number of rotatable bonds is 2. The minimum atomic E-state index is -1.30. The van der Waals surface area contributed by atoms with Gasteiger partial charge in [0.05, 0.1) is 0 Å². The van der Waals surface area contributed by atoms with Crippen molar-refractivity contribution in [3.63, 3.8) is 0 Å². The zero-order valence-corrected chi connectivity index (χ0v) is 10.3. The van der Waals surface area contributed by atoms with Gasteiger partial charge in [-0.3, -0.25) is 0 Å². The molecule has 0 amide bonds. The van der Waals surface area contributed by atoms with Crippen molar-refractivity contribution in [1.82, 2.24) is 0 Å². The van der Waals surface area contributed by atoms with Crippen LogP contribution in [0, 0.1) is 18.6 Å². The highest BCUT2D eigenvalue weighted by Gasteiger charge is 2.28. The first kappa shape index (κ1) is 12.2. The van der Waals surface area contributed by atoms with Gasteiger partial charge in [0.15, 0.2) is 11.6 Å². The van der Waals surface area contributed by atoms with Crippen LogP contribution in [0.4, 0.5) is 8.78 Å². The second-order valence-electron chi connectivity index (χ2n) is 4.11. The first-order valence-corrected chi connectivity index (χ1v) is 5.98. The van der Waals surface area contributed by atoms with Gasteiger partial charge in [-0.15, -0.1) is 11.3 Å². The first-order chi connectivity index (χ1) is 7.91. The lowest BCUT2D eigenvalue weighted by Gasteiger charge is -2.22. The highest BCUT2D eigenvalue weighted by molar-refractivity contribution is 7.12. The maximum Gasteiger partial charge on any atom is 0.159 e. The molecule has 1 N–H and O–H groups in total. The van der Waals surface area contributed by atoms with Crippen molar-refractivity contribution >= 4 is 11.3 Å². The largest absolute Gasteiger partial charge is 0.380 e. The second-order valence-corrected chi connectivity index (χ2v) is 5.40. The third-order valence-electron chi connectivity index (χ3n) is 2.70. The van der Waals surface area contributed by atoms with E-state index in [1.807, 2.05) is 13.0 Å². The molecule has 1 aromatic carbocycles. The molecule has 1 nitrogen and oxygen atoms in total. The summed E-state index contributed by atoms with van der Waals surface area (Å²) in [7, 11) is 0. The maximum atomic E-state index is 13.1. The highest BCUT2D eigenvalue weighted by atomic mass is 32.1. The van der Waals surface area contributed by atoms with Crippen molar-refractivity contribution in [2.75, 3.05) is 0 Å². The average Bonchev–Trinajstić information content (AvgIpc) is 2.69. The quantitative estimate of drug-likeness (QED) is 0.868. The van der Waals surface area contributed by atoms with Gasteiger partial charge in [0, 0.05) is 9.75 Å². The SMILES string of the molecule is Cc1ccc(C(C)(O)c2ccc(F)c(F)c2)s1. The molecule has 0 aliphatic rings. The molecular formula is C13H12F2OS. The summed E-state index contributed by atoms with van der Waals surface area (Å²) in [4.78, 5) is 1.77. The van der Waals surface area contributed by atoms with Gasteiger partial charge in [-0.05, 0) is 43.7 Å². The van der Waals surface area contributed by atoms with Crippen LogP contribution in [0.5, 0.6) is 0 Å². The molecule has 0 radical (unpaired) electrons. The van der Waals surface area contributed by atoms with Crippen LogP contribution in [-0.4, -0.2) is 5.11 Å². The normalized spacial score (nSPS) is 14.6. The van der Waals surface area contributed by atoms with E-state index in [1.54, 1.807) is 13.0 Å². The van der Waals surface area contributed by atoms with Crippen molar-refractivity contribution < 1.29 is 13.9 Å². The van der Waals surface area contributed by atoms with Crippen LogP contribution in [0.3, 0.4) is 0 Å². The Bertz CT molecular complexity index is 546. The lowest BCUT2D eigenvalue weighted by molar-refractivity contribution is 0.106. The minimum absolute atomic E-state index is 0.346. The molecule has 1 heterocycles. The topological polar surface area (TPSA) is 20.2 Å². The van der Waals surface area contributed by atoms with E-state index in [0.29, 0.717) is 10.4 Å². The smallest absolute Gasteiger partial charge is 0.159 e. The fraction of sp³-hybridized carbons (Fsp3) is 0.231. The van der Waals surface area contributed by atoms with Gasteiger partial charge >= 0.3 is 0 Å². The van der Waals surface area contributed by atoms with Crippen molar-refractivity contribution in [3.05, 3.63) is 57.3 Å². The standard InChI is InChI=1S/C13H12F2OS/c1-8-3-6-12(17-8)13(2,16)9-4-5-10(14)11(15)7-9/h3-7,16H,1-2H3. The number of hydrogen-bond donors (Lipinski definition) is 1. The van der Waals surface area contributed by atoms with Gasteiger partial charge < -0.3 is 5.11 Å². The average molecular weight is 254 g/mol. The Kier molecular flexibility index (Phi) is 3.02. The summed E-state index contributed by atoms with van der Waals surface area (Å²) in [5.74, 6) is -1.86. The second kappa shape index (κ2) is 4.20. The van der Waals surface area contributed by atoms with Crippen LogP contribution >= 0.6 is 11.3 Å². The molecule has 90 valence electrons. The fourth-order valence-corrected chi connectivity index (χ4v) is 2.57. The van der Waals surface area contributed by atoms with Gasteiger partial charge in [-0.2, -0.15) is 0 Å². The Hall–Kier alpha value is -1.26. The zero-order chi connectivity index (χ0) is 12.6. The molecule has 0 aliphatic heterocycles. The minimum Gasteiger partial charge on any atom is -0.380 e. The van der Waals surface area contributed by atoms with Crippen molar-refractivity contribution in [3.8, 4) is 0 Å². The summed E-state index contributed by atoms with van der Waals surface area (Å²) in [5.41, 5.74) is -0.953. The van der Waals surface area contributed by atoms with Crippen molar-refractivity contribution in [2.45, 2.75) is 19.4 Å². The zero-order valence-electron chi connectivity index (χ0n) is 9.50. The van der Waals surface area contributed by atoms with Crippen LogP contribution in [0.2, 0.25) is 0 Å². The van der Waals surface area contributed by atoms with E-state index in [0.717, 1.165) is 17.0 Å². The Morgan fingerprint density at radius 3 is 2.35 bits per heavy atom. The molecule has 2 rings (SSSR count). The summed E-state index contributed by atoms with van der Waals surface area (Å²) < 4.78 is 26.0. The maximum absolute atomic E-state index is 13.1.